The quantitative estimate of drug-likeness (QED) is 0.782. The fraction of sp³-hybridized carbons (Fsp3) is 0.214. The van der Waals surface area contributed by atoms with Gasteiger partial charge in [-0.25, -0.2) is 4.68 Å². The zero-order valence-electron chi connectivity index (χ0n) is 11.6. The number of benzene rings is 1. The van der Waals surface area contributed by atoms with Crippen molar-refractivity contribution < 1.29 is 4.42 Å². The van der Waals surface area contributed by atoms with Crippen LogP contribution in [0.4, 0.5) is 5.69 Å². The number of para-hydroxylation sites is 1. The smallest absolute Gasteiger partial charge is 0.238 e. The van der Waals surface area contributed by atoms with E-state index in [9.17, 15) is 0 Å². The number of aromatic nitrogens is 4. The molecule has 3 rings (SSSR count). The summed E-state index contributed by atoms with van der Waals surface area (Å²) in [5.74, 6) is 1.11. The first-order valence-corrected chi connectivity index (χ1v) is 7.29. The van der Waals surface area contributed by atoms with E-state index >= 15 is 0 Å². The highest BCUT2D eigenvalue weighted by Crippen LogP contribution is 2.23. The number of nitrogens with one attached hydrogen (secondary N) is 1. The lowest BCUT2D eigenvalue weighted by atomic mass is 10.3. The van der Waals surface area contributed by atoms with Crippen molar-refractivity contribution in [2.45, 2.75) is 19.9 Å². The van der Waals surface area contributed by atoms with Crippen LogP contribution in [0.15, 0.2) is 45.5 Å². The maximum Gasteiger partial charge on any atom is 0.238 e. The Morgan fingerprint density at radius 3 is 2.81 bits per heavy atom. The Morgan fingerprint density at radius 1 is 1.29 bits per heavy atom. The topological polar surface area (TPSA) is 68.8 Å². The lowest BCUT2D eigenvalue weighted by molar-refractivity contribution is 0.451. The Bertz CT molecular complexity index is 751. The third kappa shape index (κ3) is 2.97. The van der Waals surface area contributed by atoms with Gasteiger partial charge in [-0.05, 0) is 35.0 Å². The first-order valence-electron chi connectivity index (χ1n) is 6.49. The molecule has 0 unspecified atom stereocenters. The van der Waals surface area contributed by atoms with Gasteiger partial charge in [-0.2, -0.15) is 5.10 Å². The van der Waals surface area contributed by atoms with Crippen LogP contribution in [0, 0.1) is 6.92 Å². The number of hydrogen-bond acceptors (Lipinski definition) is 5. The molecule has 1 aromatic carbocycles. The molecule has 7 heteroatoms. The molecule has 0 saturated heterocycles. The summed E-state index contributed by atoms with van der Waals surface area (Å²) in [6, 6.07) is 7.83. The van der Waals surface area contributed by atoms with E-state index < -0.39 is 0 Å². The number of aryl methyl sites for hydroxylation is 1. The first-order chi connectivity index (χ1) is 10.1. The second-order valence-corrected chi connectivity index (χ2v) is 5.50. The summed E-state index contributed by atoms with van der Waals surface area (Å²) in [4.78, 5) is 0. The molecule has 2 aromatic heterocycles. The van der Waals surface area contributed by atoms with Crippen LogP contribution in [0.3, 0.4) is 0 Å². The van der Waals surface area contributed by atoms with Gasteiger partial charge in [0, 0.05) is 11.4 Å². The van der Waals surface area contributed by atoms with Crippen molar-refractivity contribution in [1.29, 1.82) is 0 Å². The molecule has 0 radical (unpaired) electrons. The van der Waals surface area contributed by atoms with E-state index in [1.54, 1.807) is 17.8 Å². The van der Waals surface area contributed by atoms with Gasteiger partial charge >= 0.3 is 0 Å². The van der Waals surface area contributed by atoms with Crippen LogP contribution in [-0.2, 0) is 0 Å². The Morgan fingerprint density at radius 2 is 2.10 bits per heavy atom. The van der Waals surface area contributed by atoms with Gasteiger partial charge in [0.2, 0.25) is 11.8 Å². The van der Waals surface area contributed by atoms with Crippen molar-refractivity contribution in [1.82, 2.24) is 20.0 Å². The van der Waals surface area contributed by atoms with E-state index in [1.807, 2.05) is 37.4 Å². The van der Waals surface area contributed by atoms with Gasteiger partial charge < -0.3 is 9.73 Å². The minimum absolute atomic E-state index is 0.0805. The third-order valence-corrected chi connectivity index (χ3v) is 3.65. The SMILES string of the molecule is Cc1nnc([C@H](C)Nc2cnn(-c3ccccc3Br)c2)o1. The molecule has 0 fully saturated rings. The zero-order chi connectivity index (χ0) is 14.8. The molecule has 2 heterocycles. The highest BCUT2D eigenvalue weighted by molar-refractivity contribution is 9.10. The number of halogens is 1. The molecule has 0 amide bonds. The predicted molar refractivity (Wildman–Crippen MR) is 82.3 cm³/mol. The number of hydrogen-bond donors (Lipinski definition) is 1. The summed E-state index contributed by atoms with van der Waals surface area (Å²) in [6.45, 7) is 3.73. The van der Waals surface area contributed by atoms with Gasteiger partial charge in [0.05, 0.1) is 23.8 Å². The molecule has 0 saturated carbocycles. The fourth-order valence-corrected chi connectivity index (χ4v) is 2.43. The van der Waals surface area contributed by atoms with E-state index in [4.69, 9.17) is 4.42 Å². The zero-order valence-corrected chi connectivity index (χ0v) is 13.2. The van der Waals surface area contributed by atoms with Crippen LogP contribution in [0.1, 0.15) is 24.7 Å². The Hall–Kier alpha value is -2.15. The van der Waals surface area contributed by atoms with Crippen molar-refractivity contribution in [3.05, 3.63) is 52.9 Å². The Balaban J connectivity index is 1.78. The molecule has 6 nitrogen and oxygen atoms in total. The molecule has 0 aliphatic carbocycles. The van der Waals surface area contributed by atoms with E-state index in [0.717, 1.165) is 15.8 Å². The molecule has 0 spiro atoms. The third-order valence-electron chi connectivity index (χ3n) is 2.98. The second kappa shape index (κ2) is 5.69. The number of nitrogens with zero attached hydrogens (tertiary/aromatic N) is 4. The standard InChI is InChI=1S/C14H14BrN5O/c1-9(14-19-18-10(2)21-14)17-11-7-16-20(8-11)13-6-4-3-5-12(13)15/h3-9,17H,1-2H3/t9-/m0/s1. The van der Waals surface area contributed by atoms with Gasteiger partial charge in [-0.1, -0.05) is 12.1 Å². The fourth-order valence-electron chi connectivity index (χ4n) is 1.97. The monoisotopic (exact) mass is 347 g/mol. The molecule has 1 atom stereocenters. The number of anilines is 1. The summed E-state index contributed by atoms with van der Waals surface area (Å²) < 4.78 is 8.20. The Kier molecular flexibility index (Phi) is 3.74. The highest BCUT2D eigenvalue weighted by atomic mass is 79.9. The van der Waals surface area contributed by atoms with Crippen molar-refractivity contribution in [3.8, 4) is 5.69 Å². The summed E-state index contributed by atoms with van der Waals surface area (Å²) >= 11 is 3.52. The van der Waals surface area contributed by atoms with Crippen molar-refractivity contribution in [2.75, 3.05) is 5.32 Å². The average Bonchev–Trinajstić information content (AvgIpc) is 3.08. The van der Waals surface area contributed by atoms with Crippen LogP contribution in [0.25, 0.3) is 5.69 Å². The largest absolute Gasteiger partial charge is 0.423 e. The molecular formula is C14H14BrN5O. The predicted octanol–water partition coefficient (Wildman–Crippen LogP) is 3.50. The van der Waals surface area contributed by atoms with E-state index in [2.05, 4.69) is 36.5 Å². The average molecular weight is 348 g/mol. The summed E-state index contributed by atoms with van der Waals surface area (Å²) in [5.41, 5.74) is 1.86. The normalized spacial score (nSPS) is 12.3. The molecule has 1 N–H and O–H groups in total. The van der Waals surface area contributed by atoms with E-state index in [-0.39, 0.29) is 6.04 Å². The van der Waals surface area contributed by atoms with Gasteiger partial charge in [0.1, 0.15) is 6.04 Å². The van der Waals surface area contributed by atoms with Crippen molar-refractivity contribution in [2.24, 2.45) is 0 Å². The molecule has 21 heavy (non-hydrogen) atoms. The van der Waals surface area contributed by atoms with Crippen LogP contribution in [0.2, 0.25) is 0 Å². The minimum Gasteiger partial charge on any atom is -0.423 e. The first kappa shape index (κ1) is 13.8. The minimum atomic E-state index is -0.0805. The number of rotatable bonds is 4. The van der Waals surface area contributed by atoms with Crippen LogP contribution in [0.5, 0.6) is 0 Å². The molecule has 3 aromatic rings. The van der Waals surface area contributed by atoms with Gasteiger partial charge in [0.15, 0.2) is 0 Å². The van der Waals surface area contributed by atoms with Gasteiger partial charge in [0.25, 0.3) is 0 Å². The molecule has 0 bridgehead atoms. The van der Waals surface area contributed by atoms with Crippen molar-refractivity contribution in [3.63, 3.8) is 0 Å². The summed E-state index contributed by atoms with van der Waals surface area (Å²) in [6.07, 6.45) is 3.68. The summed E-state index contributed by atoms with van der Waals surface area (Å²) in [5, 5.41) is 15.5. The van der Waals surface area contributed by atoms with Gasteiger partial charge in [-0.3, -0.25) is 0 Å². The lowest BCUT2D eigenvalue weighted by Crippen LogP contribution is -2.06. The molecule has 0 aliphatic heterocycles. The lowest BCUT2D eigenvalue weighted by Gasteiger charge is -2.08. The summed E-state index contributed by atoms with van der Waals surface area (Å²) in [7, 11) is 0. The van der Waals surface area contributed by atoms with Crippen LogP contribution >= 0.6 is 15.9 Å². The van der Waals surface area contributed by atoms with Gasteiger partial charge in [-0.15, -0.1) is 10.2 Å². The second-order valence-electron chi connectivity index (χ2n) is 4.65. The molecule has 0 aliphatic rings. The van der Waals surface area contributed by atoms with E-state index in [0.29, 0.717) is 11.8 Å². The maximum atomic E-state index is 5.41. The van der Waals surface area contributed by atoms with Crippen LogP contribution in [-0.4, -0.2) is 20.0 Å². The van der Waals surface area contributed by atoms with Crippen LogP contribution < -0.4 is 5.32 Å². The maximum absolute atomic E-state index is 5.41. The highest BCUT2D eigenvalue weighted by Gasteiger charge is 2.13. The molecular weight excluding hydrogens is 334 g/mol. The molecule has 108 valence electrons. The Labute approximate surface area is 130 Å². The van der Waals surface area contributed by atoms with E-state index in [1.165, 1.54) is 0 Å². The van der Waals surface area contributed by atoms with Crippen molar-refractivity contribution >= 4 is 21.6 Å².